The number of nitrogens with one attached hydrogen (secondary N) is 2. The van der Waals surface area contributed by atoms with Gasteiger partial charge in [0.1, 0.15) is 35.4 Å². The van der Waals surface area contributed by atoms with Gasteiger partial charge in [0.15, 0.2) is 0 Å². The molecule has 11 aromatic rings. The third-order valence-electron chi connectivity index (χ3n) is 14.6. The SMILES string of the molecule is Cc1cccc(N)c1C.Cc1cccc(NC(=O)c2ccc(O)c3ccccc23)c1C.Cc1cccc(NC(=O)c2ccc(OCc3c(C)noc3C)c3ccccc23)c1C.Cc1noc(C)c1CCl.O=C(O)c1ccc(O)c2ccccc12. The zero-order valence-electron chi connectivity index (χ0n) is 48.6. The van der Waals surface area contributed by atoms with Crippen molar-refractivity contribution in [3.63, 3.8) is 0 Å². The highest BCUT2D eigenvalue weighted by Crippen LogP contribution is 2.33. The van der Waals surface area contributed by atoms with E-state index in [1.54, 1.807) is 42.5 Å². The van der Waals surface area contributed by atoms with Crippen molar-refractivity contribution in [2.45, 2.75) is 81.7 Å². The van der Waals surface area contributed by atoms with Gasteiger partial charge in [-0.15, -0.1) is 11.6 Å². The fourth-order valence-electron chi connectivity index (χ4n) is 9.02. The van der Waals surface area contributed by atoms with Gasteiger partial charge in [-0.3, -0.25) is 9.59 Å². The number of aromatic nitrogens is 2. The van der Waals surface area contributed by atoms with Crippen LogP contribution in [0.15, 0.2) is 173 Å². The molecule has 14 nitrogen and oxygen atoms in total. The normalized spacial score (nSPS) is 10.5. The number of amides is 2. The number of halogens is 1. The first-order valence-electron chi connectivity index (χ1n) is 27.0. The van der Waals surface area contributed by atoms with Gasteiger partial charge in [0.25, 0.3) is 11.8 Å². The van der Waals surface area contributed by atoms with Crippen LogP contribution < -0.4 is 21.1 Å². The number of anilines is 3. The molecule has 11 rings (SSSR count). The van der Waals surface area contributed by atoms with Gasteiger partial charge >= 0.3 is 5.97 Å². The van der Waals surface area contributed by atoms with E-state index in [1.807, 2.05) is 165 Å². The first-order chi connectivity index (χ1) is 40.2. The molecule has 0 aliphatic heterocycles. The van der Waals surface area contributed by atoms with E-state index in [9.17, 15) is 24.6 Å². The van der Waals surface area contributed by atoms with Crippen LogP contribution in [0.3, 0.4) is 0 Å². The van der Waals surface area contributed by atoms with Gasteiger partial charge in [-0.05, 0) is 173 Å². The molecule has 0 aliphatic carbocycles. The van der Waals surface area contributed by atoms with Crippen molar-refractivity contribution in [2.75, 3.05) is 16.4 Å². The van der Waals surface area contributed by atoms with Crippen molar-refractivity contribution in [2.24, 2.45) is 0 Å². The minimum atomic E-state index is -0.985. The maximum atomic E-state index is 13.1. The molecule has 0 bridgehead atoms. The predicted octanol–water partition coefficient (Wildman–Crippen LogP) is 16.5. The number of ether oxygens (including phenoxy) is 1. The number of benzene rings is 9. The molecule has 0 fully saturated rings. The number of carbonyl (C=O) groups excluding carboxylic acids is 2. The number of phenols is 2. The van der Waals surface area contributed by atoms with Gasteiger partial charge in [-0.1, -0.05) is 120 Å². The van der Waals surface area contributed by atoms with Crippen molar-refractivity contribution in [3.8, 4) is 17.2 Å². The molecule has 0 saturated carbocycles. The van der Waals surface area contributed by atoms with E-state index >= 15 is 0 Å². The van der Waals surface area contributed by atoms with E-state index in [1.165, 1.54) is 23.3 Å². The minimum absolute atomic E-state index is 0.102. The second-order valence-corrected chi connectivity index (χ2v) is 20.3. The van der Waals surface area contributed by atoms with Crippen LogP contribution in [0, 0.1) is 69.2 Å². The van der Waals surface area contributed by atoms with Gasteiger partial charge in [0.05, 0.1) is 28.4 Å². The average molecular weight is 1150 g/mol. The number of phenolic OH excluding ortho intramolecular Hbond substituents is 2. The minimum Gasteiger partial charge on any atom is -0.507 e. The van der Waals surface area contributed by atoms with Crippen molar-refractivity contribution in [1.82, 2.24) is 10.3 Å². The topological polar surface area (TPSA) is 223 Å². The Hall–Kier alpha value is -9.92. The lowest BCUT2D eigenvalue weighted by Crippen LogP contribution is -2.13. The van der Waals surface area contributed by atoms with E-state index < -0.39 is 5.97 Å². The molecule has 2 amide bonds. The number of rotatable bonds is 9. The van der Waals surface area contributed by atoms with Crippen molar-refractivity contribution in [3.05, 3.63) is 248 Å². The number of aromatic carboxylic acids is 1. The number of nitrogens with two attached hydrogens (primary N) is 1. The molecule has 7 N–H and O–H groups in total. The lowest BCUT2D eigenvalue weighted by atomic mass is 10.0. The standard InChI is InChI=1S/C25H24N2O3.C19H17NO2.C11H8O3.C8H11N.C6H8ClNO/c1-15-8-7-11-23(16(15)2)26-25(28)21-12-13-24(20-10-6-5-9-19(20)21)29-14-22-17(3)27-30-18(22)4;1-12-6-5-9-17(13(12)2)20-19(22)16-10-11-18(21)15-8-4-3-7-14(15)16;12-10-6-5-9(11(13)14)7-3-1-2-4-8(7)10;1-6-4-3-5-8(9)7(6)2;1-4-6(3-7)5(2)9-8-4/h5-13H,14H2,1-4H3,(H,26,28);3-11,21H,1-2H3,(H,20,22);1-6,12H,(H,13,14);3-5H,9H2,1-2H3;3H2,1-2H3. The summed E-state index contributed by atoms with van der Waals surface area (Å²) in [6.45, 7) is 20.0. The summed E-state index contributed by atoms with van der Waals surface area (Å²) in [4.78, 5) is 36.5. The number of hydrogen-bond acceptors (Lipinski definition) is 11. The maximum Gasteiger partial charge on any atom is 0.336 e. The molecule has 2 aromatic heterocycles. The molecule has 2 heterocycles. The zero-order valence-corrected chi connectivity index (χ0v) is 49.4. The Labute approximate surface area is 493 Å². The highest BCUT2D eigenvalue weighted by atomic mass is 35.5. The number of aromatic hydroxyl groups is 2. The lowest BCUT2D eigenvalue weighted by Gasteiger charge is -2.14. The third-order valence-corrected chi connectivity index (χ3v) is 14.9. The maximum absolute atomic E-state index is 13.1. The number of aryl methyl sites for hydroxylation is 7. The highest BCUT2D eigenvalue weighted by Gasteiger charge is 2.18. The Morgan fingerprint density at radius 3 is 1.29 bits per heavy atom. The van der Waals surface area contributed by atoms with Crippen molar-refractivity contribution < 1.29 is 43.5 Å². The van der Waals surface area contributed by atoms with Gasteiger partial charge in [0.2, 0.25) is 0 Å². The van der Waals surface area contributed by atoms with E-state index in [0.29, 0.717) is 45.5 Å². The molecule has 0 unspecified atom stereocenters. The monoisotopic (exact) mass is 1150 g/mol. The predicted molar refractivity (Wildman–Crippen MR) is 336 cm³/mol. The number of fused-ring (bicyclic) bond motifs is 3. The third kappa shape index (κ3) is 14.8. The van der Waals surface area contributed by atoms with Crippen LogP contribution >= 0.6 is 11.6 Å². The Morgan fingerprint density at radius 1 is 0.476 bits per heavy atom. The zero-order chi connectivity index (χ0) is 60.8. The largest absolute Gasteiger partial charge is 0.507 e. The number of nitrogens with zero attached hydrogens (tertiary/aromatic N) is 2. The first-order valence-corrected chi connectivity index (χ1v) is 27.5. The summed E-state index contributed by atoms with van der Waals surface area (Å²) < 4.78 is 16.1. The molecule has 0 radical (unpaired) electrons. The van der Waals surface area contributed by atoms with E-state index in [-0.39, 0.29) is 28.9 Å². The summed E-state index contributed by atoms with van der Waals surface area (Å²) in [5, 5.41) is 46.3. The molecular formula is C69H68ClN5O9. The Kier molecular flexibility index (Phi) is 20.7. The quantitative estimate of drug-likeness (QED) is 0.0587. The van der Waals surface area contributed by atoms with Crippen LogP contribution in [0.5, 0.6) is 17.2 Å². The van der Waals surface area contributed by atoms with E-state index in [4.69, 9.17) is 36.2 Å². The number of nitrogen functional groups attached to an aromatic ring is 1. The van der Waals surface area contributed by atoms with Crippen molar-refractivity contribution >= 4 is 78.8 Å². The summed E-state index contributed by atoms with van der Waals surface area (Å²) in [6.07, 6.45) is 0. The molecular weight excluding hydrogens is 1080 g/mol. The van der Waals surface area contributed by atoms with Gasteiger partial charge < -0.3 is 45.5 Å². The van der Waals surface area contributed by atoms with Crippen LogP contribution in [-0.2, 0) is 12.5 Å². The van der Waals surface area contributed by atoms with Crippen LogP contribution in [0.4, 0.5) is 17.1 Å². The molecule has 0 spiro atoms. The fourth-order valence-corrected chi connectivity index (χ4v) is 9.40. The summed E-state index contributed by atoms with van der Waals surface area (Å²) in [6, 6.07) is 49.3. The summed E-state index contributed by atoms with van der Waals surface area (Å²) >= 11 is 5.58. The number of alkyl halides is 1. The number of carboxylic acids is 1. The average Bonchev–Trinajstić information content (AvgIpc) is 4.11. The lowest BCUT2D eigenvalue weighted by molar-refractivity contribution is 0.0698. The van der Waals surface area contributed by atoms with Gasteiger partial charge in [-0.2, -0.15) is 0 Å². The Bertz CT molecular complexity index is 4110. The van der Waals surface area contributed by atoms with E-state index in [2.05, 4.69) is 33.9 Å². The molecule has 84 heavy (non-hydrogen) atoms. The molecule has 0 saturated heterocycles. The van der Waals surface area contributed by atoms with Gasteiger partial charge in [0, 0.05) is 49.9 Å². The van der Waals surface area contributed by atoms with Crippen LogP contribution in [0.1, 0.15) is 98.5 Å². The molecule has 0 atom stereocenters. The number of hydrogen-bond donors (Lipinski definition) is 6. The smallest absolute Gasteiger partial charge is 0.336 e. The number of carboxylic acid groups (broad SMARTS) is 1. The number of carbonyl (C=O) groups is 3. The van der Waals surface area contributed by atoms with Crippen LogP contribution in [0.2, 0.25) is 0 Å². The fraction of sp³-hybridized carbons (Fsp3) is 0.174. The Morgan fingerprint density at radius 2 is 0.869 bits per heavy atom. The second kappa shape index (κ2) is 28.2. The van der Waals surface area contributed by atoms with Gasteiger partial charge in [-0.25, -0.2) is 4.79 Å². The molecule has 9 aromatic carbocycles. The summed E-state index contributed by atoms with van der Waals surface area (Å²) in [5.41, 5.74) is 20.0. The van der Waals surface area contributed by atoms with Crippen LogP contribution in [0.25, 0.3) is 32.3 Å². The molecule has 0 aliphatic rings. The van der Waals surface area contributed by atoms with Crippen LogP contribution in [-0.4, -0.2) is 43.4 Å². The Balaban J connectivity index is 0.000000163. The summed E-state index contributed by atoms with van der Waals surface area (Å²) in [7, 11) is 0. The van der Waals surface area contributed by atoms with E-state index in [0.717, 1.165) is 89.5 Å². The van der Waals surface area contributed by atoms with Crippen molar-refractivity contribution in [1.29, 1.82) is 0 Å². The molecule has 15 heteroatoms. The first kappa shape index (κ1) is 61.7. The second-order valence-electron chi connectivity index (χ2n) is 20.0. The highest BCUT2D eigenvalue weighted by molar-refractivity contribution is 6.17. The summed E-state index contributed by atoms with van der Waals surface area (Å²) in [5.74, 6) is 1.76. The molecule has 430 valence electrons.